The van der Waals surface area contributed by atoms with Gasteiger partial charge in [-0.1, -0.05) is 158 Å². The van der Waals surface area contributed by atoms with Crippen molar-refractivity contribution in [2.24, 2.45) is 0 Å². The Morgan fingerprint density at radius 3 is 1.78 bits per heavy atom. The summed E-state index contributed by atoms with van der Waals surface area (Å²) in [5.74, 6) is 1.83. The molecule has 0 saturated carbocycles. The highest BCUT2D eigenvalue weighted by Crippen LogP contribution is 2.43. The van der Waals surface area contributed by atoms with Crippen molar-refractivity contribution in [2.45, 2.75) is 0 Å². The van der Waals surface area contributed by atoms with E-state index < -0.39 is 0 Å². The molecule has 11 aromatic rings. The van der Waals surface area contributed by atoms with Crippen LogP contribution in [-0.4, -0.2) is 19.5 Å². The number of fused-ring (bicyclic) bond motifs is 8. The summed E-state index contributed by atoms with van der Waals surface area (Å²) in [6.45, 7) is 0. The molecule has 0 radical (unpaired) electrons. The van der Waals surface area contributed by atoms with E-state index in [1.54, 1.807) is 0 Å². The Labute approximate surface area is 315 Å². The first-order chi connectivity index (χ1) is 26.8. The van der Waals surface area contributed by atoms with E-state index in [0.29, 0.717) is 17.6 Å². The lowest BCUT2D eigenvalue weighted by atomic mass is 9.98. The van der Waals surface area contributed by atoms with Crippen LogP contribution >= 0.6 is 11.3 Å². The fraction of sp³-hybridized carbons (Fsp3) is 0. The number of rotatable bonds is 5. The van der Waals surface area contributed by atoms with Gasteiger partial charge in [0.25, 0.3) is 0 Å². The highest BCUT2D eigenvalue weighted by atomic mass is 32.1. The normalized spacial score (nSPS) is 11.7. The zero-order valence-corrected chi connectivity index (χ0v) is 29.8. The Morgan fingerprint density at radius 2 is 0.981 bits per heavy atom. The molecular formula is C49H30N4S. The molecule has 54 heavy (non-hydrogen) atoms. The first kappa shape index (κ1) is 30.7. The molecule has 5 heteroatoms. The van der Waals surface area contributed by atoms with Gasteiger partial charge in [-0.2, -0.15) is 9.97 Å². The summed E-state index contributed by atoms with van der Waals surface area (Å²) >= 11 is 1.84. The molecule has 0 fully saturated rings. The van der Waals surface area contributed by atoms with E-state index in [-0.39, 0.29) is 0 Å². The molecule has 3 heterocycles. The van der Waals surface area contributed by atoms with Crippen molar-refractivity contribution < 1.29 is 0 Å². The van der Waals surface area contributed by atoms with Crippen LogP contribution in [0.1, 0.15) is 0 Å². The molecule has 0 saturated heterocycles. The maximum absolute atomic E-state index is 5.31. The number of nitrogens with zero attached hydrogens (tertiary/aromatic N) is 4. The van der Waals surface area contributed by atoms with Crippen molar-refractivity contribution in [3.05, 3.63) is 182 Å². The molecular weight excluding hydrogens is 677 g/mol. The quantitative estimate of drug-likeness (QED) is 0.179. The predicted molar refractivity (Wildman–Crippen MR) is 226 cm³/mol. The Bertz CT molecular complexity index is 3200. The third-order valence-corrected chi connectivity index (χ3v) is 11.6. The van der Waals surface area contributed by atoms with E-state index in [9.17, 15) is 0 Å². The molecule has 0 unspecified atom stereocenters. The zero-order chi connectivity index (χ0) is 35.6. The maximum Gasteiger partial charge on any atom is 0.238 e. The highest BCUT2D eigenvalue weighted by molar-refractivity contribution is 7.25. The second kappa shape index (κ2) is 12.3. The topological polar surface area (TPSA) is 43.6 Å². The molecule has 0 amide bonds. The van der Waals surface area contributed by atoms with E-state index in [2.05, 4.69) is 162 Å². The van der Waals surface area contributed by atoms with E-state index in [1.807, 2.05) is 35.6 Å². The first-order valence-corrected chi connectivity index (χ1v) is 18.9. The Balaban J connectivity index is 1.21. The van der Waals surface area contributed by atoms with Crippen LogP contribution in [0.15, 0.2) is 182 Å². The lowest BCUT2D eigenvalue weighted by Crippen LogP contribution is -2.07. The number of hydrogen-bond donors (Lipinski definition) is 0. The second-order valence-electron chi connectivity index (χ2n) is 13.6. The third-order valence-electron chi connectivity index (χ3n) is 10.5. The molecule has 0 aliphatic heterocycles. The van der Waals surface area contributed by atoms with Gasteiger partial charge in [0.2, 0.25) is 5.95 Å². The fourth-order valence-corrected chi connectivity index (χ4v) is 9.01. The lowest BCUT2D eigenvalue weighted by molar-refractivity contribution is 0.954. The molecule has 4 nitrogen and oxygen atoms in total. The molecule has 0 atom stereocenters. The van der Waals surface area contributed by atoms with Gasteiger partial charge in [0.1, 0.15) is 0 Å². The number of benzene rings is 8. The second-order valence-corrected chi connectivity index (χ2v) is 14.7. The standard InChI is InChI=1S/C49H30N4S/c1-3-12-31(13-4-1)32-22-24-35(25-23-32)48-50-47(34-15-5-2-6-16-34)51-49(52-48)53-42-28-26-33-14-7-8-17-37(33)45(42)40-20-11-19-38(46(40)53)36-27-29-44-41(30-36)39-18-9-10-21-43(39)54-44/h1-30H. The molecule has 11 rings (SSSR count). The summed E-state index contributed by atoms with van der Waals surface area (Å²) < 4.78 is 4.84. The van der Waals surface area contributed by atoms with Crippen LogP contribution in [0.4, 0.5) is 0 Å². The first-order valence-electron chi connectivity index (χ1n) is 18.1. The van der Waals surface area contributed by atoms with Crippen molar-refractivity contribution in [1.82, 2.24) is 19.5 Å². The van der Waals surface area contributed by atoms with Crippen molar-refractivity contribution in [3.63, 3.8) is 0 Å². The summed E-state index contributed by atoms with van der Waals surface area (Å²) in [7, 11) is 0. The summed E-state index contributed by atoms with van der Waals surface area (Å²) in [5.41, 5.74) is 8.57. The van der Waals surface area contributed by atoms with Crippen molar-refractivity contribution >= 4 is 64.1 Å². The molecule has 0 spiro atoms. The molecule has 3 aromatic heterocycles. The van der Waals surface area contributed by atoms with Gasteiger partial charge in [-0.3, -0.25) is 4.57 Å². The minimum atomic E-state index is 0.579. The number of thiophene rings is 1. The fourth-order valence-electron chi connectivity index (χ4n) is 7.92. The third kappa shape index (κ3) is 4.94. The molecule has 0 N–H and O–H groups in total. The van der Waals surface area contributed by atoms with E-state index in [0.717, 1.165) is 44.2 Å². The summed E-state index contributed by atoms with van der Waals surface area (Å²) in [4.78, 5) is 15.7. The van der Waals surface area contributed by atoms with E-state index >= 15 is 0 Å². The van der Waals surface area contributed by atoms with Gasteiger partial charge in [-0.25, -0.2) is 4.98 Å². The minimum absolute atomic E-state index is 0.579. The monoisotopic (exact) mass is 706 g/mol. The van der Waals surface area contributed by atoms with Gasteiger partial charge in [-0.05, 0) is 51.7 Å². The van der Waals surface area contributed by atoms with Crippen molar-refractivity contribution in [2.75, 3.05) is 0 Å². The van der Waals surface area contributed by atoms with Crippen molar-refractivity contribution in [1.29, 1.82) is 0 Å². The smallest absolute Gasteiger partial charge is 0.238 e. The summed E-state index contributed by atoms with van der Waals surface area (Å²) in [6, 6.07) is 64.4. The predicted octanol–water partition coefficient (Wildman–Crippen LogP) is 13.2. The van der Waals surface area contributed by atoms with E-state index in [1.165, 1.54) is 41.9 Å². The van der Waals surface area contributed by atoms with Crippen LogP contribution < -0.4 is 0 Å². The number of aromatic nitrogens is 4. The van der Waals surface area contributed by atoms with Gasteiger partial charge in [0.05, 0.1) is 11.0 Å². The van der Waals surface area contributed by atoms with Crippen LogP contribution in [0.3, 0.4) is 0 Å². The Kier molecular flexibility index (Phi) is 7.00. The number of hydrogen-bond acceptors (Lipinski definition) is 4. The number of para-hydroxylation sites is 1. The molecule has 8 aromatic carbocycles. The lowest BCUT2D eigenvalue weighted by Gasteiger charge is -2.13. The van der Waals surface area contributed by atoms with Gasteiger partial charge >= 0.3 is 0 Å². The van der Waals surface area contributed by atoms with E-state index in [4.69, 9.17) is 15.0 Å². The Hall–Kier alpha value is -6.95. The Morgan fingerprint density at radius 1 is 0.389 bits per heavy atom. The van der Waals surface area contributed by atoms with Crippen molar-refractivity contribution in [3.8, 4) is 51.0 Å². The van der Waals surface area contributed by atoms with Crippen LogP contribution in [-0.2, 0) is 0 Å². The molecule has 0 bridgehead atoms. The molecule has 252 valence electrons. The van der Waals surface area contributed by atoms with Gasteiger partial charge in [0, 0.05) is 47.6 Å². The maximum atomic E-state index is 5.31. The molecule has 0 aliphatic rings. The SMILES string of the molecule is c1ccc(-c2ccc(-c3nc(-c4ccccc4)nc(-n4c5ccc6ccccc6c5c5cccc(-c6ccc7sc8ccccc8c7c6)c54)n3)cc2)cc1. The summed E-state index contributed by atoms with van der Waals surface area (Å²) in [5, 5.41) is 7.29. The van der Waals surface area contributed by atoms with Crippen LogP contribution in [0.5, 0.6) is 0 Å². The van der Waals surface area contributed by atoms with Gasteiger partial charge in [-0.15, -0.1) is 11.3 Å². The van der Waals surface area contributed by atoms with Crippen LogP contribution in [0, 0.1) is 0 Å². The van der Waals surface area contributed by atoms with Crippen LogP contribution in [0.25, 0.3) is 104 Å². The summed E-state index contributed by atoms with van der Waals surface area (Å²) in [6.07, 6.45) is 0. The average molecular weight is 707 g/mol. The van der Waals surface area contributed by atoms with Gasteiger partial charge < -0.3 is 0 Å². The molecule has 0 aliphatic carbocycles. The average Bonchev–Trinajstić information content (AvgIpc) is 3.80. The zero-order valence-electron chi connectivity index (χ0n) is 29.0. The minimum Gasteiger partial charge on any atom is -0.277 e. The highest BCUT2D eigenvalue weighted by Gasteiger charge is 2.22. The largest absolute Gasteiger partial charge is 0.277 e. The van der Waals surface area contributed by atoms with Gasteiger partial charge in [0.15, 0.2) is 11.6 Å². The van der Waals surface area contributed by atoms with Crippen LogP contribution in [0.2, 0.25) is 0 Å².